The minimum atomic E-state index is 0.0190. The van der Waals surface area contributed by atoms with Crippen LogP contribution in [0.15, 0.2) is 0 Å². The fourth-order valence-electron chi connectivity index (χ4n) is 1.22. The van der Waals surface area contributed by atoms with E-state index in [0.29, 0.717) is 18.2 Å². The van der Waals surface area contributed by atoms with Gasteiger partial charge in [-0.1, -0.05) is 12.2 Å². The molecule has 1 N–H and O–H groups in total. The first-order chi connectivity index (χ1) is 8.65. The van der Waals surface area contributed by atoms with Gasteiger partial charge in [0, 0.05) is 25.2 Å². The fraction of sp³-hybridized carbons (Fsp3) is 0.500. The highest BCUT2D eigenvalue weighted by Gasteiger charge is 2.14. The smallest absolute Gasteiger partial charge is 0.227 e. The van der Waals surface area contributed by atoms with Crippen LogP contribution in [0.1, 0.15) is 5.82 Å². The molecule has 1 aliphatic heterocycles. The van der Waals surface area contributed by atoms with Gasteiger partial charge in [-0.15, -0.1) is 0 Å². The van der Waals surface area contributed by atoms with Gasteiger partial charge >= 0.3 is 0 Å². The molecule has 1 aromatic heterocycles. The Morgan fingerprint density at radius 1 is 1.22 bits per heavy atom. The molecule has 0 bridgehead atoms. The molecule has 0 aromatic carbocycles. The minimum Gasteiger partial charge on any atom is -0.379 e. The zero-order valence-corrected chi connectivity index (χ0v) is 12.2. The number of thiocarbonyl (C=S) groups is 1. The predicted octanol–water partition coefficient (Wildman–Crippen LogP) is 1.34. The first kappa shape index (κ1) is 14.2. The third-order valence-corrected chi connectivity index (χ3v) is 3.69. The Bertz CT molecular complexity index is 423. The zero-order chi connectivity index (χ0) is 13.0. The Hall–Kier alpha value is -0.250. The molecule has 2 heterocycles. The van der Waals surface area contributed by atoms with Crippen LogP contribution in [0.25, 0.3) is 0 Å². The van der Waals surface area contributed by atoms with Crippen molar-refractivity contribution in [3.63, 3.8) is 0 Å². The number of rotatable bonds is 3. The highest BCUT2D eigenvalue weighted by atomic mass is 35.5. The lowest BCUT2D eigenvalue weighted by molar-refractivity contribution is 0.0772. The Balaban J connectivity index is 1.90. The van der Waals surface area contributed by atoms with Crippen molar-refractivity contribution in [1.29, 1.82) is 0 Å². The van der Waals surface area contributed by atoms with Crippen LogP contribution in [0.5, 0.6) is 0 Å². The van der Waals surface area contributed by atoms with Gasteiger partial charge in [-0.3, -0.25) is 0 Å². The van der Waals surface area contributed by atoms with Crippen molar-refractivity contribution in [3.8, 4) is 0 Å². The van der Waals surface area contributed by atoms with Gasteiger partial charge in [0.05, 0.1) is 13.2 Å². The Morgan fingerprint density at radius 3 is 2.44 bits per heavy atom. The summed E-state index contributed by atoms with van der Waals surface area (Å²) < 4.78 is 10.3. The van der Waals surface area contributed by atoms with E-state index in [2.05, 4.69) is 24.0 Å². The van der Waals surface area contributed by atoms with Crippen LogP contribution < -0.4 is 4.72 Å². The van der Waals surface area contributed by atoms with E-state index in [9.17, 15) is 0 Å². The molecule has 98 valence electrons. The van der Waals surface area contributed by atoms with Gasteiger partial charge in [0.2, 0.25) is 10.6 Å². The van der Waals surface area contributed by atoms with E-state index in [0.717, 1.165) is 13.1 Å². The molecule has 0 aliphatic carbocycles. The topological polar surface area (TPSA) is 63.2 Å². The standard InChI is InChI=1S/C8H9Cl2N5OS2/c9-7-11-5(12-8(10)13-7)6(17)14-18-15-1-3-16-4-2-15/h1-4H2,(H,14,17). The molecule has 6 nitrogen and oxygen atoms in total. The molecule has 10 heteroatoms. The number of nitrogens with one attached hydrogen (secondary N) is 1. The minimum absolute atomic E-state index is 0.0190. The molecular formula is C8H9Cl2N5OS2. The predicted molar refractivity (Wildman–Crippen MR) is 74.7 cm³/mol. The second kappa shape index (κ2) is 6.78. The molecule has 1 fully saturated rings. The maximum absolute atomic E-state index is 5.68. The van der Waals surface area contributed by atoms with E-state index in [1.54, 1.807) is 0 Å². The van der Waals surface area contributed by atoms with Crippen LogP contribution in [0.2, 0.25) is 10.6 Å². The molecule has 0 atom stereocenters. The van der Waals surface area contributed by atoms with Gasteiger partial charge in [-0.2, -0.15) is 15.0 Å². The largest absolute Gasteiger partial charge is 0.379 e. The van der Waals surface area contributed by atoms with E-state index in [1.165, 1.54) is 12.1 Å². The van der Waals surface area contributed by atoms with E-state index < -0.39 is 0 Å². The van der Waals surface area contributed by atoms with Crippen molar-refractivity contribution in [3.05, 3.63) is 16.4 Å². The lowest BCUT2D eigenvalue weighted by Crippen LogP contribution is -2.34. The molecular weight excluding hydrogens is 317 g/mol. The number of morpholine rings is 1. The highest BCUT2D eigenvalue weighted by molar-refractivity contribution is 7.96. The van der Waals surface area contributed by atoms with Gasteiger partial charge in [-0.25, -0.2) is 4.31 Å². The van der Waals surface area contributed by atoms with E-state index >= 15 is 0 Å². The second-order valence-electron chi connectivity index (χ2n) is 3.26. The maximum atomic E-state index is 5.68. The lowest BCUT2D eigenvalue weighted by atomic mass is 10.5. The Labute approximate surface area is 124 Å². The van der Waals surface area contributed by atoms with Crippen molar-refractivity contribution >= 4 is 52.5 Å². The van der Waals surface area contributed by atoms with Crippen LogP contribution in [0.3, 0.4) is 0 Å². The average molecular weight is 326 g/mol. The van der Waals surface area contributed by atoms with Gasteiger partial charge in [0.25, 0.3) is 0 Å². The third kappa shape index (κ3) is 4.15. The number of hydrogen-bond acceptors (Lipinski definition) is 7. The third-order valence-electron chi connectivity index (χ3n) is 2.02. The van der Waals surface area contributed by atoms with Crippen molar-refractivity contribution in [2.45, 2.75) is 0 Å². The van der Waals surface area contributed by atoms with Gasteiger partial charge in [0.15, 0.2) is 10.8 Å². The van der Waals surface area contributed by atoms with Crippen molar-refractivity contribution in [1.82, 2.24) is 24.0 Å². The van der Waals surface area contributed by atoms with Crippen LogP contribution in [-0.2, 0) is 4.74 Å². The van der Waals surface area contributed by atoms with E-state index in [-0.39, 0.29) is 16.4 Å². The van der Waals surface area contributed by atoms with Crippen molar-refractivity contribution < 1.29 is 4.74 Å². The Kier molecular flexibility index (Phi) is 5.34. The first-order valence-corrected chi connectivity index (χ1v) is 6.96. The number of ether oxygens (including phenoxy) is 1. The van der Waals surface area contributed by atoms with Crippen molar-refractivity contribution in [2.75, 3.05) is 26.3 Å². The number of aromatic nitrogens is 3. The molecule has 0 spiro atoms. The summed E-state index contributed by atoms with van der Waals surface area (Å²) in [6.07, 6.45) is 0. The van der Waals surface area contributed by atoms with Crippen LogP contribution in [0.4, 0.5) is 0 Å². The van der Waals surface area contributed by atoms with Crippen LogP contribution in [0, 0.1) is 0 Å². The lowest BCUT2D eigenvalue weighted by Gasteiger charge is -2.25. The molecule has 0 unspecified atom stereocenters. The van der Waals surface area contributed by atoms with Gasteiger partial charge in [-0.05, 0) is 23.2 Å². The summed E-state index contributed by atoms with van der Waals surface area (Å²) in [6, 6.07) is 0. The molecule has 1 aromatic rings. The maximum Gasteiger partial charge on any atom is 0.227 e. The SMILES string of the molecule is S=C(NSN1CCOCC1)c1nc(Cl)nc(Cl)n1. The Morgan fingerprint density at radius 2 is 1.83 bits per heavy atom. The zero-order valence-electron chi connectivity index (χ0n) is 9.10. The first-order valence-electron chi connectivity index (χ1n) is 5.02. The van der Waals surface area contributed by atoms with Gasteiger partial charge < -0.3 is 9.46 Å². The second-order valence-corrected chi connectivity index (χ2v) is 5.25. The van der Waals surface area contributed by atoms with E-state index in [4.69, 9.17) is 40.2 Å². The number of nitrogens with zero attached hydrogens (tertiary/aromatic N) is 4. The van der Waals surface area contributed by atoms with Gasteiger partial charge in [0.1, 0.15) is 0 Å². The summed E-state index contributed by atoms with van der Waals surface area (Å²) >= 11 is 17.9. The molecule has 0 saturated carbocycles. The summed E-state index contributed by atoms with van der Waals surface area (Å²) in [6.45, 7) is 3.09. The molecule has 1 saturated heterocycles. The summed E-state index contributed by atoms with van der Waals surface area (Å²) in [4.78, 5) is 11.8. The molecule has 1 aliphatic rings. The summed E-state index contributed by atoms with van der Waals surface area (Å²) in [7, 11) is 0. The monoisotopic (exact) mass is 325 g/mol. The normalized spacial score (nSPS) is 16.6. The molecule has 2 rings (SSSR count). The molecule has 0 amide bonds. The summed E-state index contributed by atoms with van der Waals surface area (Å²) in [5.41, 5.74) is 0. The molecule has 0 radical (unpaired) electrons. The fourth-order valence-corrected chi connectivity index (χ4v) is 2.42. The van der Waals surface area contributed by atoms with Crippen LogP contribution >= 0.6 is 47.6 Å². The summed E-state index contributed by atoms with van der Waals surface area (Å²) in [5, 5.41) is 0.0380. The number of halogens is 2. The number of hydrogen-bond donors (Lipinski definition) is 1. The average Bonchev–Trinajstić information content (AvgIpc) is 2.36. The quantitative estimate of drug-likeness (QED) is 0.659. The van der Waals surface area contributed by atoms with Crippen molar-refractivity contribution in [2.24, 2.45) is 0 Å². The van der Waals surface area contributed by atoms with E-state index in [1.807, 2.05) is 0 Å². The highest BCUT2D eigenvalue weighted by Crippen LogP contribution is 2.11. The van der Waals surface area contributed by atoms with Crippen LogP contribution in [-0.4, -0.2) is 50.5 Å². The molecule has 18 heavy (non-hydrogen) atoms. The summed E-state index contributed by atoms with van der Waals surface area (Å²) in [5.74, 6) is 0.260.